The van der Waals surface area contributed by atoms with Crippen molar-refractivity contribution in [3.8, 4) is 5.75 Å². The van der Waals surface area contributed by atoms with Crippen LogP contribution < -0.4 is 15.0 Å². The summed E-state index contributed by atoms with van der Waals surface area (Å²) in [7, 11) is 1.63. The molecule has 1 saturated heterocycles. The van der Waals surface area contributed by atoms with Gasteiger partial charge in [-0.25, -0.2) is 4.98 Å². The van der Waals surface area contributed by atoms with Gasteiger partial charge in [0, 0.05) is 45.2 Å². The Balaban J connectivity index is 1.33. The first-order valence-electron chi connectivity index (χ1n) is 9.04. The third-order valence-electron chi connectivity index (χ3n) is 4.98. The van der Waals surface area contributed by atoms with Gasteiger partial charge in [-0.05, 0) is 25.0 Å². The number of rotatable bonds is 6. The Bertz CT molecular complexity index is 800. The minimum Gasteiger partial charge on any atom is -0.493 e. The number of amides is 1. The first-order chi connectivity index (χ1) is 12.7. The molecule has 4 rings (SSSR count). The highest BCUT2D eigenvalue weighted by atomic mass is 35.5. The number of benzene rings is 1. The maximum atomic E-state index is 11.7. The van der Waals surface area contributed by atoms with Gasteiger partial charge < -0.3 is 15.0 Å². The molecule has 1 aromatic carbocycles. The standard InChI is InChI=1S/C18H23ClN4O2S/c1-25-16-13(19)4-5-14-15(16)21-18(26-14)23-10-8-22(9-11-23)7-6-20-17(24)12-2-3-12/h4-5,12H,2-3,6-11H2,1H3,(H,20,24). The Labute approximate surface area is 162 Å². The van der Waals surface area contributed by atoms with Crippen LogP contribution in [0.2, 0.25) is 5.02 Å². The molecule has 2 heterocycles. The number of nitrogens with one attached hydrogen (secondary N) is 1. The van der Waals surface area contributed by atoms with Gasteiger partial charge in [0.2, 0.25) is 5.91 Å². The van der Waals surface area contributed by atoms with Gasteiger partial charge in [0.15, 0.2) is 10.9 Å². The summed E-state index contributed by atoms with van der Waals surface area (Å²) < 4.78 is 6.50. The topological polar surface area (TPSA) is 57.7 Å². The molecule has 0 unspecified atom stereocenters. The van der Waals surface area contributed by atoms with Crippen molar-refractivity contribution in [2.45, 2.75) is 12.8 Å². The van der Waals surface area contributed by atoms with E-state index in [2.05, 4.69) is 15.1 Å². The van der Waals surface area contributed by atoms with Gasteiger partial charge in [-0.3, -0.25) is 9.69 Å². The summed E-state index contributed by atoms with van der Waals surface area (Å²) in [6.07, 6.45) is 2.12. The van der Waals surface area contributed by atoms with Gasteiger partial charge in [-0.2, -0.15) is 0 Å². The van der Waals surface area contributed by atoms with Crippen molar-refractivity contribution in [3.63, 3.8) is 0 Å². The number of carbonyl (C=O) groups excluding carboxylic acids is 1. The fraction of sp³-hybridized carbons (Fsp3) is 0.556. The highest BCUT2D eigenvalue weighted by Gasteiger charge is 2.29. The summed E-state index contributed by atoms with van der Waals surface area (Å²) >= 11 is 7.88. The van der Waals surface area contributed by atoms with E-state index in [1.807, 2.05) is 12.1 Å². The van der Waals surface area contributed by atoms with Crippen molar-refractivity contribution in [1.82, 2.24) is 15.2 Å². The van der Waals surface area contributed by atoms with Crippen molar-refractivity contribution in [1.29, 1.82) is 0 Å². The maximum Gasteiger partial charge on any atom is 0.223 e. The van der Waals surface area contributed by atoms with Crippen molar-refractivity contribution >= 4 is 44.2 Å². The number of halogens is 1. The van der Waals surface area contributed by atoms with Crippen LogP contribution in [0.3, 0.4) is 0 Å². The Morgan fingerprint density at radius 2 is 2.12 bits per heavy atom. The third-order valence-corrected chi connectivity index (χ3v) is 6.36. The number of aromatic nitrogens is 1. The summed E-state index contributed by atoms with van der Waals surface area (Å²) in [6, 6.07) is 3.86. The molecule has 26 heavy (non-hydrogen) atoms. The molecular weight excluding hydrogens is 372 g/mol. The molecule has 1 N–H and O–H groups in total. The zero-order valence-electron chi connectivity index (χ0n) is 14.8. The number of hydrogen-bond acceptors (Lipinski definition) is 6. The summed E-state index contributed by atoms with van der Waals surface area (Å²) in [4.78, 5) is 21.2. The molecule has 2 aliphatic rings. The smallest absolute Gasteiger partial charge is 0.223 e. The van der Waals surface area contributed by atoms with Crippen LogP contribution in [0, 0.1) is 5.92 Å². The average molecular weight is 395 g/mol. The second-order valence-electron chi connectivity index (χ2n) is 6.82. The highest BCUT2D eigenvalue weighted by molar-refractivity contribution is 7.22. The lowest BCUT2D eigenvalue weighted by molar-refractivity contribution is -0.122. The fourth-order valence-electron chi connectivity index (χ4n) is 3.25. The number of fused-ring (bicyclic) bond motifs is 1. The van der Waals surface area contributed by atoms with Crippen molar-refractivity contribution in [2.75, 3.05) is 51.3 Å². The van der Waals surface area contributed by atoms with Crippen LogP contribution in [0.4, 0.5) is 5.13 Å². The van der Waals surface area contributed by atoms with Gasteiger partial charge in [-0.1, -0.05) is 22.9 Å². The van der Waals surface area contributed by atoms with E-state index in [9.17, 15) is 4.79 Å². The molecule has 1 aliphatic heterocycles. The Kier molecular flexibility index (Phi) is 5.20. The molecule has 0 spiro atoms. The molecule has 0 bridgehead atoms. The average Bonchev–Trinajstić information content (AvgIpc) is 3.42. The van der Waals surface area contributed by atoms with Crippen LogP contribution in [0.5, 0.6) is 5.75 Å². The van der Waals surface area contributed by atoms with Crippen LogP contribution in [0.1, 0.15) is 12.8 Å². The number of thiazole rings is 1. The van der Waals surface area contributed by atoms with E-state index < -0.39 is 0 Å². The minimum absolute atomic E-state index is 0.228. The third kappa shape index (κ3) is 3.75. The second kappa shape index (κ2) is 7.58. The number of piperazine rings is 1. The second-order valence-corrected chi connectivity index (χ2v) is 8.23. The SMILES string of the molecule is COc1c(Cl)ccc2sc(N3CCN(CCNC(=O)C4CC4)CC3)nc12. The molecule has 1 amide bonds. The zero-order chi connectivity index (χ0) is 18.1. The quantitative estimate of drug-likeness (QED) is 0.816. The number of ether oxygens (including phenoxy) is 1. The summed E-state index contributed by atoms with van der Waals surface area (Å²) in [5.74, 6) is 1.17. The molecule has 2 aromatic rings. The molecule has 6 nitrogen and oxygen atoms in total. The Morgan fingerprint density at radius 3 is 2.81 bits per heavy atom. The molecule has 0 atom stereocenters. The van der Waals surface area contributed by atoms with E-state index in [0.29, 0.717) is 10.8 Å². The lowest BCUT2D eigenvalue weighted by atomic mass is 10.3. The number of nitrogens with zero attached hydrogens (tertiary/aromatic N) is 3. The van der Waals surface area contributed by atoms with Gasteiger partial charge >= 0.3 is 0 Å². The van der Waals surface area contributed by atoms with Gasteiger partial charge in [0.05, 0.1) is 16.8 Å². The molecule has 8 heteroatoms. The van der Waals surface area contributed by atoms with Gasteiger partial charge in [0.1, 0.15) is 5.52 Å². The van der Waals surface area contributed by atoms with E-state index in [-0.39, 0.29) is 11.8 Å². The first kappa shape index (κ1) is 17.8. The predicted octanol–water partition coefficient (Wildman–Crippen LogP) is 2.61. The summed E-state index contributed by atoms with van der Waals surface area (Å²) in [6.45, 7) is 5.49. The molecular formula is C18H23ClN4O2S. The monoisotopic (exact) mass is 394 g/mol. The molecule has 140 valence electrons. The van der Waals surface area contributed by atoms with Crippen LogP contribution >= 0.6 is 22.9 Å². The van der Waals surface area contributed by atoms with E-state index in [4.69, 9.17) is 21.3 Å². The number of carbonyl (C=O) groups is 1. The summed E-state index contributed by atoms with van der Waals surface area (Å²) in [5, 5.41) is 4.65. The van der Waals surface area contributed by atoms with E-state index in [1.54, 1.807) is 18.4 Å². The first-order valence-corrected chi connectivity index (χ1v) is 10.2. The van der Waals surface area contributed by atoms with Gasteiger partial charge in [0.25, 0.3) is 0 Å². The van der Waals surface area contributed by atoms with Crippen molar-refractivity contribution in [3.05, 3.63) is 17.2 Å². The van der Waals surface area contributed by atoms with E-state index in [1.165, 1.54) is 0 Å². The van der Waals surface area contributed by atoms with Gasteiger partial charge in [-0.15, -0.1) is 0 Å². The highest BCUT2D eigenvalue weighted by Crippen LogP contribution is 2.38. The Hall–Kier alpha value is -1.57. The lowest BCUT2D eigenvalue weighted by Crippen LogP contribution is -2.48. The van der Waals surface area contributed by atoms with E-state index >= 15 is 0 Å². The molecule has 1 aromatic heterocycles. The molecule has 1 saturated carbocycles. The lowest BCUT2D eigenvalue weighted by Gasteiger charge is -2.34. The molecule has 1 aliphatic carbocycles. The number of anilines is 1. The maximum absolute atomic E-state index is 11.7. The Morgan fingerprint density at radius 1 is 1.35 bits per heavy atom. The van der Waals surface area contributed by atoms with Crippen LogP contribution in [-0.2, 0) is 4.79 Å². The minimum atomic E-state index is 0.228. The molecule has 0 radical (unpaired) electrons. The number of hydrogen-bond donors (Lipinski definition) is 1. The van der Waals surface area contributed by atoms with Crippen LogP contribution in [0.15, 0.2) is 12.1 Å². The molecule has 2 fully saturated rings. The normalized spacial score (nSPS) is 18.3. The van der Waals surface area contributed by atoms with Crippen molar-refractivity contribution < 1.29 is 9.53 Å². The fourth-order valence-corrected chi connectivity index (χ4v) is 4.50. The summed E-state index contributed by atoms with van der Waals surface area (Å²) in [5.41, 5.74) is 0.838. The van der Waals surface area contributed by atoms with Crippen LogP contribution in [-0.4, -0.2) is 62.2 Å². The van der Waals surface area contributed by atoms with Crippen LogP contribution in [0.25, 0.3) is 10.2 Å². The van der Waals surface area contributed by atoms with E-state index in [0.717, 1.165) is 67.5 Å². The largest absolute Gasteiger partial charge is 0.493 e. The van der Waals surface area contributed by atoms with Crippen molar-refractivity contribution in [2.24, 2.45) is 5.92 Å². The predicted molar refractivity (Wildman–Crippen MR) is 106 cm³/mol. The zero-order valence-corrected chi connectivity index (χ0v) is 16.4. The number of methoxy groups -OCH3 is 1.